The molecule has 1 aromatic heterocycles. The van der Waals surface area contributed by atoms with E-state index in [2.05, 4.69) is 4.98 Å². The molecule has 0 fully saturated rings. The van der Waals surface area contributed by atoms with E-state index in [4.69, 9.17) is 4.74 Å². The highest BCUT2D eigenvalue weighted by Crippen LogP contribution is 2.30. The number of rotatable bonds is 3. The Kier molecular flexibility index (Phi) is 4.40. The SMILES string of the molecule is COc1cccc(-c2cc(-c3cc(C)ccc3C)c(C#N)c(=O)[nH]2)c1. The lowest BCUT2D eigenvalue weighted by molar-refractivity contribution is 0.415. The Balaban J connectivity index is 2.28. The van der Waals surface area contributed by atoms with Gasteiger partial charge in [-0.1, -0.05) is 35.9 Å². The summed E-state index contributed by atoms with van der Waals surface area (Å²) in [6.45, 7) is 3.97. The molecular formula is C21H18N2O2. The molecule has 2 aromatic carbocycles. The zero-order valence-corrected chi connectivity index (χ0v) is 14.4. The third-order valence-corrected chi connectivity index (χ3v) is 4.21. The number of nitriles is 1. The number of ether oxygens (including phenoxy) is 1. The summed E-state index contributed by atoms with van der Waals surface area (Å²) in [6, 6.07) is 17.4. The van der Waals surface area contributed by atoms with E-state index in [1.807, 2.05) is 68.4 Å². The van der Waals surface area contributed by atoms with Gasteiger partial charge in [0.25, 0.3) is 5.56 Å². The van der Waals surface area contributed by atoms with Crippen molar-refractivity contribution in [3.05, 3.63) is 75.6 Å². The van der Waals surface area contributed by atoms with E-state index in [1.165, 1.54) is 0 Å². The van der Waals surface area contributed by atoms with Crippen molar-refractivity contribution in [3.63, 3.8) is 0 Å². The second-order valence-electron chi connectivity index (χ2n) is 5.96. The fraction of sp³-hybridized carbons (Fsp3) is 0.143. The smallest absolute Gasteiger partial charge is 0.266 e. The average Bonchev–Trinajstić information content (AvgIpc) is 2.63. The van der Waals surface area contributed by atoms with Crippen LogP contribution in [-0.4, -0.2) is 12.1 Å². The normalized spacial score (nSPS) is 10.3. The molecular weight excluding hydrogens is 312 g/mol. The Bertz CT molecular complexity index is 1040. The zero-order valence-electron chi connectivity index (χ0n) is 14.4. The van der Waals surface area contributed by atoms with Crippen molar-refractivity contribution in [3.8, 4) is 34.2 Å². The first-order chi connectivity index (χ1) is 12.0. The first kappa shape index (κ1) is 16.5. The average molecular weight is 330 g/mol. The van der Waals surface area contributed by atoms with Gasteiger partial charge in [-0.2, -0.15) is 5.26 Å². The van der Waals surface area contributed by atoms with Crippen molar-refractivity contribution in [2.75, 3.05) is 7.11 Å². The van der Waals surface area contributed by atoms with Crippen LogP contribution in [0.4, 0.5) is 0 Å². The van der Waals surface area contributed by atoms with Gasteiger partial charge in [-0.25, -0.2) is 0 Å². The molecule has 0 unspecified atom stereocenters. The maximum absolute atomic E-state index is 12.5. The first-order valence-electron chi connectivity index (χ1n) is 7.93. The highest BCUT2D eigenvalue weighted by atomic mass is 16.5. The minimum atomic E-state index is -0.390. The lowest BCUT2D eigenvalue weighted by atomic mass is 9.94. The molecule has 1 N–H and O–H groups in total. The Morgan fingerprint density at radius 1 is 1.04 bits per heavy atom. The second kappa shape index (κ2) is 6.66. The maximum atomic E-state index is 12.5. The third kappa shape index (κ3) is 3.17. The summed E-state index contributed by atoms with van der Waals surface area (Å²) in [4.78, 5) is 15.3. The quantitative estimate of drug-likeness (QED) is 0.782. The van der Waals surface area contributed by atoms with Crippen LogP contribution in [0.2, 0.25) is 0 Å². The van der Waals surface area contributed by atoms with Crippen LogP contribution < -0.4 is 10.3 Å². The number of hydrogen-bond acceptors (Lipinski definition) is 3. The molecule has 0 amide bonds. The number of methoxy groups -OCH3 is 1. The van der Waals surface area contributed by atoms with E-state index in [-0.39, 0.29) is 5.56 Å². The molecule has 4 nitrogen and oxygen atoms in total. The second-order valence-corrected chi connectivity index (χ2v) is 5.96. The summed E-state index contributed by atoms with van der Waals surface area (Å²) in [5.41, 5.74) is 4.85. The van der Waals surface area contributed by atoms with Crippen molar-refractivity contribution in [1.29, 1.82) is 5.26 Å². The molecule has 0 atom stereocenters. The van der Waals surface area contributed by atoms with E-state index in [0.29, 0.717) is 17.0 Å². The summed E-state index contributed by atoms with van der Waals surface area (Å²) < 4.78 is 5.26. The standard InChI is InChI=1S/C21H18N2O2/c1-13-7-8-14(2)17(9-13)18-11-20(23-21(24)19(18)12-22)15-5-4-6-16(10-15)25-3/h4-11H,1-3H3,(H,23,24). The fourth-order valence-electron chi connectivity index (χ4n) is 2.86. The lowest BCUT2D eigenvalue weighted by Gasteiger charge is -2.12. The number of nitrogens with one attached hydrogen (secondary N) is 1. The van der Waals surface area contributed by atoms with E-state index in [0.717, 1.165) is 22.3 Å². The summed E-state index contributed by atoms with van der Waals surface area (Å²) in [5, 5.41) is 9.47. The van der Waals surface area contributed by atoms with Crippen molar-refractivity contribution in [2.24, 2.45) is 0 Å². The van der Waals surface area contributed by atoms with Gasteiger partial charge in [0.2, 0.25) is 0 Å². The maximum Gasteiger partial charge on any atom is 0.266 e. The minimum Gasteiger partial charge on any atom is -0.497 e. The van der Waals surface area contributed by atoms with E-state index >= 15 is 0 Å². The molecule has 0 aliphatic carbocycles. The number of nitrogens with zero attached hydrogens (tertiary/aromatic N) is 1. The number of aromatic amines is 1. The Hall–Kier alpha value is -3.32. The van der Waals surface area contributed by atoms with Crippen LogP contribution in [0.3, 0.4) is 0 Å². The number of aryl methyl sites for hydroxylation is 2. The molecule has 3 aromatic rings. The molecule has 1 heterocycles. The van der Waals surface area contributed by atoms with E-state index in [9.17, 15) is 10.1 Å². The number of benzene rings is 2. The summed E-state index contributed by atoms with van der Waals surface area (Å²) in [6.07, 6.45) is 0. The molecule has 0 radical (unpaired) electrons. The van der Waals surface area contributed by atoms with Crippen molar-refractivity contribution in [1.82, 2.24) is 4.98 Å². The third-order valence-electron chi connectivity index (χ3n) is 4.21. The van der Waals surface area contributed by atoms with Gasteiger partial charge in [0.1, 0.15) is 17.4 Å². The van der Waals surface area contributed by atoms with Crippen molar-refractivity contribution < 1.29 is 4.74 Å². The Morgan fingerprint density at radius 2 is 1.84 bits per heavy atom. The van der Waals surface area contributed by atoms with Crippen LogP contribution in [0.25, 0.3) is 22.4 Å². The largest absolute Gasteiger partial charge is 0.497 e. The van der Waals surface area contributed by atoms with Gasteiger partial charge < -0.3 is 9.72 Å². The molecule has 25 heavy (non-hydrogen) atoms. The van der Waals surface area contributed by atoms with Crippen LogP contribution in [0, 0.1) is 25.2 Å². The van der Waals surface area contributed by atoms with Gasteiger partial charge in [0, 0.05) is 16.8 Å². The molecule has 3 rings (SSSR count). The topological polar surface area (TPSA) is 65.9 Å². The van der Waals surface area contributed by atoms with Gasteiger partial charge in [-0.15, -0.1) is 0 Å². The Morgan fingerprint density at radius 3 is 2.56 bits per heavy atom. The molecule has 124 valence electrons. The molecule has 0 saturated heterocycles. The van der Waals surface area contributed by atoms with Gasteiger partial charge in [0.05, 0.1) is 7.11 Å². The summed E-state index contributed by atoms with van der Waals surface area (Å²) >= 11 is 0. The van der Waals surface area contributed by atoms with Crippen LogP contribution in [0.5, 0.6) is 5.75 Å². The molecule has 0 bridgehead atoms. The molecule has 0 spiro atoms. The molecule has 4 heteroatoms. The van der Waals surface area contributed by atoms with Crippen LogP contribution in [-0.2, 0) is 0 Å². The summed E-state index contributed by atoms with van der Waals surface area (Å²) in [7, 11) is 1.60. The first-order valence-corrected chi connectivity index (χ1v) is 7.93. The van der Waals surface area contributed by atoms with E-state index in [1.54, 1.807) is 7.11 Å². The van der Waals surface area contributed by atoms with Gasteiger partial charge in [0.15, 0.2) is 0 Å². The minimum absolute atomic E-state index is 0.125. The molecule has 0 aliphatic heterocycles. The molecule has 0 aliphatic rings. The van der Waals surface area contributed by atoms with Crippen molar-refractivity contribution >= 4 is 0 Å². The number of H-pyrrole nitrogens is 1. The number of aromatic nitrogens is 1. The lowest BCUT2D eigenvalue weighted by Crippen LogP contribution is -2.13. The van der Waals surface area contributed by atoms with Gasteiger partial charge in [-0.3, -0.25) is 4.79 Å². The Labute approximate surface area is 146 Å². The van der Waals surface area contributed by atoms with Crippen LogP contribution in [0.1, 0.15) is 16.7 Å². The monoisotopic (exact) mass is 330 g/mol. The van der Waals surface area contributed by atoms with Crippen LogP contribution in [0.15, 0.2) is 53.3 Å². The predicted molar refractivity (Wildman–Crippen MR) is 98.7 cm³/mol. The van der Waals surface area contributed by atoms with E-state index < -0.39 is 5.56 Å². The van der Waals surface area contributed by atoms with Crippen molar-refractivity contribution in [2.45, 2.75) is 13.8 Å². The fourth-order valence-corrected chi connectivity index (χ4v) is 2.86. The predicted octanol–water partition coefficient (Wildman–Crippen LogP) is 4.21. The number of pyridine rings is 1. The van der Waals surface area contributed by atoms with Gasteiger partial charge >= 0.3 is 0 Å². The summed E-state index contributed by atoms with van der Waals surface area (Å²) in [5.74, 6) is 0.705. The highest BCUT2D eigenvalue weighted by Gasteiger charge is 2.14. The van der Waals surface area contributed by atoms with Crippen LogP contribution >= 0.6 is 0 Å². The highest BCUT2D eigenvalue weighted by molar-refractivity contribution is 5.77. The van der Waals surface area contributed by atoms with Gasteiger partial charge in [-0.05, 0) is 43.2 Å². The zero-order chi connectivity index (χ0) is 18.0. The number of hydrogen-bond donors (Lipinski definition) is 1. The molecule has 0 saturated carbocycles.